The van der Waals surface area contributed by atoms with Crippen molar-refractivity contribution in [1.82, 2.24) is 4.90 Å². The molecule has 0 aromatic heterocycles. The van der Waals surface area contributed by atoms with Gasteiger partial charge < -0.3 is 5.73 Å². The monoisotopic (exact) mass is 294 g/mol. The fraction of sp³-hybridized carbons (Fsp3) is 0.357. The van der Waals surface area contributed by atoms with Crippen LogP contribution in [-0.4, -0.2) is 21.7 Å². The Balaban J connectivity index is 2.22. The summed E-state index contributed by atoms with van der Waals surface area (Å²) in [7, 11) is 0. The molecule has 1 aliphatic rings. The van der Waals surface area contributed by atoms with Crippen molar-refractivity contribution in [2.75, 3.05) is 0 Å². The topological polar surface area (TPSA) is 63.4 Å². The van der Waals surface area contributed by atoms with Gasteiger partial charge in [-0.05, 0) is 18.9 Å². The number of hydrogen-bond donors (Lipinski definition) is 1. The molecule has 106 valence electrons. The molecule has 1 aromatic rings. The number of thiocarbonyl (C=S) groups is 1. The lowest BCUT2D eigenvalue weighted by Gasteiger charge is -2.19. The van der Waals surface area contributed by atoms with Crippen LogP contribution in [0.15, 0.2) is 18.2 Å². The van der Waals surface area contributed by atoms with E-state index in [2.05, 4.69) is 0 Å². The number of carbonyl (C=O) groups excluding carboxylic acids is 2. The summed E-state index contributed by atoms with van der Waals surface area (Å²) in [4.78, 5) is 25.0. The third-order valence-electron chi connectivity index (χ3n) is 3.30. The Kier molecular flexibility index (Phi) is 4.44. The molecule has 4 nitrogen and oxygen atoms in total. The molecule has 0 saturated carbocycles. The molecule has 2 N–H and O–H groups in total. The summed E-state index contributed by atoms with van der Waals surface area (Å²) in [6.07, 6.45) is 2.06. The van der Waals surface area contributed by atoms with Crippen LogP contribution in [0.1, 0.15) is 36.8 Å². The van der Waals surface area contributed by atoms with E-state index in [0.717, 1.165) is 4.90 Å². The molecule has 1 fully saturated rings. The zero-order valence-electron chi connectivity index (χ0n) is 10.9. The molecule has 0 radical (unpaired) electrons. The Hall–Kier alpha value is -1.82. The molecule has 0 unspecified atom stereocenters. The number of hydrogen-bond acceptors (Lipinski definition) is 3. The zero-order chi connectivity index (χ0) is 14.7. The average Bonchev–Trinajstić information content (AvgIpc) is 2.55. The van der Waals surface area contributed by atoms with Crippen LogP contribution in [0.25, 0.3) is 0 Å². The minimum Gasteiger partial charge on any atom is -0.389 e. The molecule has 20 heavy (non-hydrogen) atoms. The molecule has 0 spiro atoms. The minimum atomic E-state index is -0.514. The van der Waals surface area contributed by atoms with Gasteiger partial charge in [0.2, 0.25) is 11.8 Å². The minimum absolute atomic E-state index is 0.0406. The highest BCUT2D eigenvalue weighted by molar-refractivity contribution is 7.80. The number of nitrogens with zero attached hydrogens (tertiary/aromatic N) is 1. The van der Waals surface area contributed by atoms with Crippen molar-refractivity contribution in [3.8, 4) is 0 Å². The van der Waals surface area contributed by atoms with E-state index in [-0.39, 0.29) is 28.9 Å². The molecule has 1 aliphatic heterocycles. The first kappa shape index (κ1) is 14.6. The second kappa shape index (κ2) is 6.09. The van der Waals surface area contributed by atoms with Crippen molar-refractivity contribution in [2.45, 2.75) is 32.2 Å². The van der Waals surface area contributed by atoms with Crippen molar-refractivity contribution in [2.24, 2.45) is 5.73 Å². The number of amides is 2. The zero-order valence-corrected chi connectivity index (χ0v) is 11.7. The van der Waals surface area contributed by atoms with Crippen molar-refractivity contribution in [3.63, 3.8) is 0 Å². The van der Waals surface area contributed by atoms with Crippen LogP contribution in [0.2, 0.25) is 0 Å². The second-order valence-corrected chi connectivity index (χ2v) is 5.19. The normalized spacial score (nSPS) is 16.1. The van der Waals surface area contributed by atoms with Gasteiger partial charge in [0.25, 0.3) is 0 Å². The second-order valence-electron chi connectivity index (χ2n) is 4.75. The fourth-order valence-electron chi connectivity index (χ4n) is 2.14. The van der Waals surface area contributed by atoms with Gasteiger partial charge in [-0.3, -0.25) is 14.5 Å². The third-order valence-corrected chi connectivity index (χ3v) is 3.54. The van der Waals surface area contributed by atoms with Gasteiger partial charge in [0.1, 0.15) is 10.8 Å². The lowest BCUT2D eigenvalue weighted by atomic mass is 10.1. The Bertz CT molecular complexity index is 556. The first-order valence-electron chi connectivity index (χ1n) is 6.40. The summed E-state index contributed by atoms with van der Waals surface area (Å²) in [5.74, 6) is -1.00. The van der Waals surface area contributed by atoms with E-state index in [1.54, 1.807) is 6.07 Å². The first-order chi connectivity index (χ1) is 9.49. The first-order valence-corrected chi connectivity index (χ1v) is 6.81. The van der Waals surface area contributed by atoms with Gasteiger partial charge in [0.05, 0.1) is 6.54 Å². The summed E-state index contributed by atoms with van der Waals surface area (Å²) >= 11 is 4.77. The van der Waals surface area contributed by atoms with Crippen molar-refractivity contribution in [1.29, 1.82) is 0 Å². The maximum Gasteiger partial charge on any atom is 0.229 e. The van der Waals surface area contributed by atoms with Gasteiger partial charge in [-0.1, -0.05) is 24.4 Å². The highest BCUT2D eigenvalue weighted by Gasteiger charge is 2.25. The van der Waals surface area contributed by atoms with Crippen LogP contribution < -0.4 is 5.73 Å². The lowest BCUT2D eigenvalue weighted by molar-refractivity contribution is -0.144. The van der Waals surface area contributed by atoms with E-state index >= 15 is 0 Å². The highest BCUT2D eigenvalue weighted by atomic mass is 32.1. The predicted octanol–water partition coefficient (Wildman–Crippen LogP) is 1.89. The van der Waals surface area contributed by atoms with Crippen LogP contribution in [0, 0.1) is 5.82 Å². The molecule has 2 amide bonds. The van der Waals surface area contributed by atoms with Crippen molar-refractivity contribution >= 4 is 29.0 Å². The third kappa shape index (κ3) is 3.19. The molecular formula is C14H15FN2O2S. The molecule has 1 heterocycles. The molecule has 1 aromatic carbocycles. The van der Waals surface area contributed by atoms with E-state index in [9.17, 15) is 14.0 Å². The number of imide groups is 1. The van der Waals surface area contributed by atoms with Gasteiger partial charge >= 0.3 is 0 Å². The molecule has 0 bridgehead atoms. The van der Waals surface area contributed by atoms with Crippen molar-refractivity contribution < 1.29 is 14.0 Å². The number of benzene rings is 1. The maximum atomic E-state index is 14.0. The van der Waals surface area contributed by atoms with E-state index < -0.39 is 5.82 Å². The number of rotatable bonds is 3. The quantitative estimate of drug-likeness (QED) is 0.683. The summed E-state index contributed by atoms with van der Waals surface area (Å²) in [6, 6.07) is 4.33. The Morgan fingerprint density at radius 1 is 1.25 bits per heavy atom. The van der Waals surface area contributed by atoms with Crippen molar-refractivity contribution in [3.05, 3.63) is 35.1 Å². The molecular weight excluding hydrogens is 279 g/mol. The van der Waals surface area contributed by atoms with Gasteiger partial charge in [-0.2, -0.15) is 0 Å². The number of nitrogens with two attached hydrogens (primary N) is 1. The number of likely N-dealkylation sites (tertiary alicyclic amines) is 1. The Morgan fingerprint density at radius 3 is 2.35 bits per heavy atom. The standard InChI is InChI=1S/C14H15FN2O2S/c15-11-7-9(14(16)20)5-6-10(11)8-17-12(18)3-1-2-4-13(17)19/h5-7H,1-4,8H2,(H2,16,20). The van der Waals surface area contributed by atoms with Crippen LogP contribution in [-0.2, 0) is 16.1 Å². The van der Waals surface area contributed by atoms with Gasteiger partial charge in [0.15, 0.2) is 0 Å². The largest absolute Gasteiger partial charge is 0.389 e. The maximum absolute atomic E-state index is 14.0. The molecule has 6 heteroatoms. The van der Waals surface area contributed by atoms with Crippen LogP contribution in [0.4, 0.5) is 4.39 Å². The average molecular weight is 294 g/mol. The predicted molar refractivity (Wildman–Crippen MR) is 76.3 cm³/mol. The van der Waals surface area contributed by atoms with Crippen LogP contribution in [0.5, 0.6) is 0 Å². The fourth-order valence-corrected chi connectivity index (χ4v) is 2.26. The Labute approximate surface area is 121 Å². The summed E-state index contributed by atoms with van der Waals surface area (Å²) in [6.45, 7) is -0.0406. The molecule has 0 aliphatic carbocycles. The molecule has 1 saturated heterocycles. The Morgan fingerprint density at radius 2 is 1.85 bits per heavy atom. The van der Waals surface area contributed by atoms with Gasteiger partial charge in [-0.25, -0.2) is 4.39 Å². The van der Waals surface area contributed by atoms with E-state index in [4.69, 9.17) is 18.0 Å². The van der Waals surface area contributed by atoms with E-state index in [0.29, 0.717) is 31.2 Å². The molecule has 2 rings (SSSR count). The van der Waals surface area contributed by atoms with E-state index in [1.165, 1.54) is 12.1 Å². The highest BCUT2D eigenvalue weighted by Crippen LogP contribution is 2.18. The summed E-state index contributed by atoms with van der Waals surface area (Å²) in [5, 5.41) is 0. The van der Waals surface area contributed by atoms with Crippen LogP contribution in [0.3, 0.4) is 0 Å². The SMILES string of the molecule is NC(=S)c1ccc(CN2C(=O)CCCCC2=O)c(F)c1. The van der Waals surface area contributed by atoms with Gasteiger partial charge in [0, 0.05) is 24.0 Å². The van der Waals surface area contributed by atoms with Crippen LogP contribution >= 0.6 is 12.2 Å². The smallest absolute Gasteiger partial charge is 0.229 e. The van der Waals surface area contributed by atoms with Gasteiger partial charge in [-0.15, -0.1) is 0 Å². The summed E-state index contributed by atoms with van der Waals surface area (Å²) < 4.78 is 14.0. The summed E-state index contributed by atoms with van der Waals surface area (Å²) in [5.41, 5.74) is 6.14. The lowest BCUT2D eigenvalue weighted by Crippen LogP contribution is -2.34. The number of carbonyl (C=O) groups is 2. The van der Waals surface area contributed by atoms with E-state index in [1.807, 2.05) is 0 Å². The molecule has 0 atom stereocenters. The number of halogens is 1.